The first-order valence-electron chi connectivity index (χ1n) is 3.32. The Morgan fingerprint density at radius 2 is 1.47 bits per heavy atom. The van der Waals surface area contributed by atoms with Gasteiger partial charge < -0.3 is 14.9 Å². The summed E-state index contributed by atoms with van der Waals surface area (Å²) in [5.41, 5.74) is 0. The number of benzene rings is 1. The number of hydrogen-bond donors (Lipinski definition) is 2. The van der Waals surface area contributed by atoms with Gasteiger partial charge in [-0.3, -0.25) is 0 Å². The van der Waals surface area contributed by atoms with Crippen LogP contribution in [0.5, 0.6) is 11.5 Å². The fourth-order valence-corrected chi connectivity index (χ4v) is 2.92. The van der Waals surface area contributed by atoms with Crippen LogP contribution in [-0.2, 0) is 0 Å². The molecule has 0 bridgehead atoms. The van der Waals surface area contributed by atoms with E-state index in [9.17, 15) is 9.90 Å². The maximum atomic E-state index is 10.4. The fourth-order valence-electron chi connectivity index (χ4n) is 0.780. The number of carbonyl (C=O) groups is 1. The van der Waals surface area contributed by atoms with Gasteiger partial charge >= 0.3 is 6.16 Å². The van der Waals surface area contributed by atoms with Crippen LogP contribution in [0.25, 0.3) is 0 Å². The summed E-state index contributed by atoms with van der Waals surface area (Å²) in [6, 6.07) is 0. The standard InChI is InChI=1S/C7H2Br4O4/c8-1-2(9)4(11)6(15-7(13)14)5(12)3(1)10/h12H,(H,13,14). The molecule has 0 aliphatic rings. The molecule has 2 N–H and O–H groups in total. The molecular weight excluding hydrogens is 468 g/mol. The van der Waals surface area contributed by atoms with E-state index in [-0.39, 0.29) is 11.5 Å². The number of carboxylic acid groups (broad SMARTS) is 1. The zero-order chi connectivity index (χ0) is 11.7. The third kappa shape index (κ3) is 2.66. The van der Waals surface area contributed by atoms with E-state index in [1.54, 1.807) is 0 Å². The summed E-state index contributed by atoms with van der Waals surface area (Å²) in [7, 11) is 0. The van der Waals surface area contributed by atoms with Gasteiger partial charge in [-0.25, -0.2) is 4.79 Å². The summed E-state index contributed by atoms with van der Waals surface area (Å²) < 4.78 is 6.11. The van der Waals surface area contributed by atoms with E-state index in [2.05, 4.69) is 68.5 Å². The SMILES string of the molecule is O=C(O)Oc1c(O)c(Br)c(Br)c(Br)c1Br. The van der Waals surface area contributed by atoms with Gasteiger partial charge in [0.2, 0.25) is 0 Å². The predicted octanol–water partition coefficient (Wildman–Crippen LogP) is 4.50. The normalized spacial score (nSPS) is 10.1. The van der Waals surface area contributed by atoms with Gasteiger partial charge in [0.15, 0.2) is 11.5 Å². The van der Waals surface area contributed by atoms with Crippen molar-refractivity contribution in [1.29, 1.82) is 0 Å². The molecule has 0 unspecified atom stereocenters. The Hall–Kier alpha value is 0.210. The van der Waals surface area contributed by atoms with Gasteiger partial charge in [0.05, 0.1) is 17.9 Å². The van der Waals surface area contributed by atoms with E-state index in [0.29, 0.717) is 17.9 Å². The number of hydrogen-bond acceptors (Lipinski definition) is 3. The molecule has 0 saturated carbocycles. The van der Waals surface area contributed by atoms with Crippen molar-refractivity contribution in [2.45, 2.75) is 0 Å². The van der Waals surface area contributed by atoms with Crippen LogP contribution in [0, 0.1) is 0 Å². The highest BCUT2D eigenvalue weighted by Gasteiger charge is 2.21. The second kappa shape index (κ2) is 5.03. The van der Waals surface area contributed by atoms with Gasteiger partial charge in [0.25, 0.3) is 0 Å². The van der Waals surface area contributed by atoms with E-state index < -0.39 is 6.16 Å². The van der Waals surface area contributed by atoms with Crippen molar-refractivity contribution < 1.29 is 19.7 Å². The zero-order valence-electron chi connectivity index (χ0n) is 6.72. The Kier molecular flexibility index (Phi) is 4.45. The third-order valence-corrected chi connectivity index (χ3v) is 6.10. The number of aromatic hydroxyl groups is 1. The summed E-state index contributed by atoms with van der Waals surface area (Å²) >= 11 is 12.6. The second-order valence-corrected chi connectivity index (χ2v) is 5.47. The van der Waals surface area contributed by atoms with Crippen LogP contribution in [0.1, 0.15) is 0 Å². The summed E-state index contributed by atoms with van der Waals surface area (Å²) in [4.78, 5) is 10.4. The first-order valence-corrected chi connectivity index (χ1v) is 6.49. The molecule has 82 valence electrons. The second-order valence-electron chi connectivity index (χ2n) is 2.30. The minimum absolute atomic E-state index is 0.176. The average molecular weight is 470 g/mol. The number of phenols is 1. The molecule has 1 rings (SSSR count). The first kappa shape index (κ1) is 13.3. The van der Waals surface area contributed by atoms with E-state index >= 15 is 0 Å². The highest BCUT2D eigenvalue weighted by molar-refractivity contribution is 9.15. The minimum atomic E-state index is -1.51. The highest BCUT2D eigenvalue weighted by atomic mass is 79.9. The molecule has 15 heavy (non-hydrogen) atoms. The van der Waals surface area contributed by atoms with Crippen LogP contribution in [0.15, 0.2) is 17.9 Å². The van der Waals surface area contributed by atoms with Crippen LogP contribution in [0.3, 0.4) is 0 Å². The predicted molar refractivity (Wildman–Crippen MR) is 67.6 cm³/mol. The van der Waals surface area contributed by atoms with Gasteiger partial charge in [-0.2, -0.15) is 0 Å². The molecule has 4 nitrogen and oxygen atoms in total. The van der Waals surface area contributed by atoms with E-state index in [1.807, 2.05) is 0 Å². The maximum Gasteiger partial charge on any atom is 0.511 e. The molecule has 0 aromatic heterocycles. The molecule has 0 amide bonds. The molecule has 8 heteroatoms. The van der Waals surface area contributed by atoms with Crippen LogP contribution in [0.2, 0.25) is 0 Å². The van der Waals surface area contributed by atoms with Crippen molar-refractivity contribution in [3.8, 4) is 11.5 Å². The molecule has 0 atom stereocenters. The lowest BCUT2D eigenvalue weighted by atomic mass is 10.3. The van der Waals surface area contributed by atoms with Crippen molar-refractivity contribution >= 4 is 69.9 Å². The number of rotatable bonds is 1. The molecule has 1 aromatic carbocycles. The number of ether oxygens (including phenoxy) is 1. The minimum Gasteiger partial charge on any atom is -0.503 e. The number of phenolic OH excluding ortho intramolecular Hbond substituents is 1. The molecule has 0 fully saturated rings. The first-order chi connectivity index (χ1) is 6.86. The van der Waals surface area contributed by atoms with E-state index in [0.717, 1.165) is 0 Å². The maximum absolute atomic E-state index is 10.4. The summed E-state index contributed by atoms with van der Waals surface area (Å²) in [6.07, 6.45) is -1.51. The lowest BCUT2D eigenvalue weighted by molar-refractivity contribution is 0.142. The highest BCUT2D eigenvalue weighted by Crippen LogP contribution is 2.49. The Morgan fingerprint density at radius 1 is 1.00 bits per heavy atom. The summed E-state index contributed by atoms with van der Waals surface area (Å²) in [5.74, 6) is -0.483. The van der Waals surface area contributed by atoms with Crippen LogP contribution in [0.4, 0.5) is 4.79 Å². The van der Waals surface area contributed by atoms with Crippen molar-refractivity contribution in [2.75, 3.05) is 0 Å². The molecule has 0 aliphatic heterocycles. The van der Waals surface area contributed by atoms with Crippen molar-refractivity contribution in [2.24, 2.45) is 0 Å². The lowest BCUT2D eigenvalue weighted by Crippen LogP contribution is -2.04. The quantitative estimate of drug-likeness (QED) is 0.275. The van der Waals surface area contributed by atoms with Gasteiger partial charge in [-0.15, -0.1) is 0 Å². The zero-order valence-corrected chi connectivity index (χ0v) is 13.1. The van der Waals surface area contributed by atoms with E-state index in [1.165, 1.54) is 0 Å². The monoisotopic (exact) mass is 466 g/mol. The third-order valence-electron chi connectivity index (χ3n) is 1.39. The van der Waals surface area contributed by atoms with Gasteiger partial charge in [0, 0.05) is 0 Å². The van der Waals surface area contributed by atoms with Crippen LogP contribution in [-0.4, -0.2) is 16.4 Å². The molecule has 0 radical (unpaired) electrons. The average Bonchev–Trinajstić information content (AvgIpc) is 2.18. The fraction of sp³-hybridized carbons (Fsp3) is 0. The summed E-state index contributed by atoms with van der Waals surface area (Å²) in [5, 5.41) is 18.1. The lowest BCUT2D eigenvalue weighted by Gasteiger charge is -2.11. The van der Waals surface area contributed by atoms with Crippen molar-refractivity contribution in [1.82, 2.24) is 0 Å². The molecule has 0 spiro atoms. The van der Waals surface area contributed by atoms with Gasteiger partial charge in [-0.05, 0) is 63.7 Å². The van der Waals surface area contributed by atoms with Gasteiger partial charge in [0.1, 0.15) is 0 Å². The molecular formula is C7H2Br4O4. The number of halogens is 4. The Morgan fingerprint density at radius 3 is 1.93 bits per heavy atom. The smallest absolute Gasteiger partial charge is 0.503 e. The largest absolute Gasteiger partial charge is 0.511 e. The van der Waals surface area contributed by atoms with Crippen molar-refractivity contribution in [3.63, 3.8) is 0 Å². The molecule has 0 heterocycles. The summed E-state index contributed by atoms with van der Waals surface area (Å²) in [6.45, 7) is 0. The molecule has 0 saturated heterocycles. The van der Waals surface area contributed by atoms with Crippen molar-refractivity contribution in [3.05, 3.63) is 17.9 Å². The van der Waals surface area contributed by atoms with Crippen LogP contribution >= 0.6 is 63.7 Å². The Bertz CT molecular complexity index is 402. The molecule has 0 aliphatic carbocycles. The van der Waals surface area contributed by atoms with Crippen LogP contribution < -0.4 is 4.74 Å². The molecule has 1 aromatic rings. The Labute approximate surface area is 118 Å². The Balaban J connectivity index is 3.45. The topological polar surface area (TPSA) is 66.8 Å². The van der Waals surface area contributed by atoms with E-state index in [4.69, 9.17) is 5.11 Å². The van der Waals surface area contributed by atoms with Gasteiger partial charge in [-0.1, -0.05) is 0 Å².